The first-order valence-corrected chi connectivity index (χ1v) is 7.38. The molecule has 108 valence electrons. The third kappa shape index (κ3) is 8.37. The van der Waals surface area contributed by atoms with Crippen molar-refractivity contribution in [1.82, 2.24) is 0 Å². The molecule has 2 atom stereocenters. The van der Waals surface area contributed by atoms with E-state index in [1.54, 1.807) is 0 Å². The Morgan fingerprint density at radius 1 is 0.944 bits per heavy atom. The zero-order valence-electron chi connectivity index (χ0n) is 12.7. The Morgan fingerprint density at radius 2 is 1.61 bits per heavy atom. The molecule has 0 spiro atoms. The normalized spacial score (nSPS) is 14.3. The molecular formula is C15H30O3. The molecule has 0 aromatic carbocycles. The molecule has 18 heavy (non-hydrogen) atoms. The average Bonchev–Trinajstić information content (AvgIpc) is 2.26. The van der Waals surface area contributed by atoms with E-state index >= 15 is 0 Å². The lowest BCUT2D eigenvalue weighted by Crippen LogP contribution is -2.26. The first-order chi connectivity index (χ1) is 8.51. The Morgan fingerprint density at radius 3 is 2.11 bits per heavy atom. The molecule has 0 aromatic rings. The SMILES string of the molecule is CCCCCC(CCC)C(C)OC(=O)OC(C)C. The molecule has 3 nitrogen and oxygen atoms in total. The average molecular weight is 258 g/mol. The highest BCUT2D eigenvalue weighted by atomic mass is 16.7. The summed E-state index contributed by atoms with van der Waals surface area (Å²) in [5.41, 5.74) is 0. The van der Waals surface area contributed by atoms with Gasteiger partial charge in [0.2, 0.25) is 0 Å². The second kappa shape index (κ2) is 10.2. The maximum Gasteiger partial charge on any atom is 0.508 e. The van der Waals surface area contributed by atoms with Crippen LogP contribution in [0.2, 0.25) is 0 Å². The number of hydrogen-bond donors (Lipinski definition) is 0. The lowest BCUT2D eigenvalue weighted by Gasteiger charge is -2.23. The summed E-state index contributed by atoms with van der Waals surface area (Å²) in [6, 6.07) is 0. The van der Waals surface area contributed by atoms with E-state index in [-0.39, 0.29) is 12.2 Å². The summed E-state index contributed by atoms with van der Waals surface area (Å²) in [5, 5.41) is 0. The van der Waals surface area contributed by atoms with Crippen molar-refractivity contribution in [3.8, 4) is 0 Å². The van der Waals surface area contributed by atoms with E-state index in [1.165, 1.54) is 19.3 Å². The molecule has 0 saturated heterocycles. The fraction of sp³-hybridized carbons (Fsp3) is 0.933. The van der Waals surface area contributed by atoms with Crippen molar-refractivity contribution in [2.75, 3.05) is 0 Å². The number of rotatable bonds is 9. The molecule has 0 bridgehead atoms. The second-order valence-electron chi connectivity index (χ2n) is 5.28. The number of carbonyl (C=O) groups excluding carboxylic acids is 1. The Kier molecular flexibility index (Phi) is 9.80. The van der Waals surface area contributed by atoms with Gasteiger partial charge in [0.15, 0.2) is 0 Å². The van der Waals surface area contributed by atoms with Gasteiger partial charge >= 0.3 is 6.16 Å². The fourth-order valence-electron chi connectivity index (χ4n) is 2.11. The predicted octanol–water partition coefficient (Wildman–Crippen LogP) is 4.93. The largest absolute Gasteiger partial charge is 0.508 e. The minimum absolute atomic E-state index is 0.0481. The van der Waals surface area contributed by atoms with Gasteiger partial charge in [0.05, 0.1) is 6.10 Å². The first-order valence-electron chi connectivity index (χ1n) is 7.38. The van der Waals surface area contributed by atoms with Crippen LogP contribution < -0.4 is 0 Å². The molecule has 0 rings (SSSR count). The standard InChI is InChI=1S/C15H30O3/c1-6-8-9-11-14(10-7-2)13(5)18-15(16)17-12(3)4/h12-14H,6-11H2,1-5H3. The van der Waals surface area contributed by atoms with Crippen LogP contribution in [-0.4, -0.2) is 18.4 Å². The van der Waals surface area contributed by atoms with Gasteiger partial charge in [-0.25, -0.2) is 4.79 Å². The van der Waals surface area contributed by atoms with Crippen molar-refractivity contribution in [1.29, 1.82) is 0 Å². The van der Waals surface area contributed by atoms with Crippen molar-refractivity contribution < 1.29 is 14.3 Å². The molecule has 0 N–H and O–H groups in total. The van der Waals surface area contributed by atoms with Gasteiger partial charge in [-0.15, -0.1) is 0 Å². The first kappa shape index (κ1) is 17.3. The second-order valence-corrected chi connectivity index (χ2v) is 5.28. The maximum atomic E-state index is 11.5. The van der Waals surface area contributed by atoms with E-state index < -0.39 is 6.16 Å². The molecule has 0 saturated carbocycles. The summed E-state index contributed by atoms with van der Waals surface area (Å²) in [4.78, 5) is 11.5. The minimum atomic E-state index is -0.533. The van der Waals surface area contributed by atoms with Crippen LogP contribution in [0.1, 0.15) is 73.1 Å². The van der Waals surface area contributed by atoms with E-state index in [9.17, 15) is 4.79 Å². The number of hydrogen-bond acceptors (Lipinski definition) is 3. The monoisotopic (exact) mass is 258 g/mol. The number of ether oxygens (including phenoxy) is 2. The zero-order valence-corrected chi connectivity index (χ0v) is 12.7. The van der Waals surface area contributed by atoms with Crippen LogP contribution in [0.3, 0.4) is 0 Å². The van der Waals surface area contributed by atoms with E-state index in [1.807, 2.05) is 20.8 Å². The van der Waals surface area contributed by atoms with Crippen molar-refractivity contribution in [2.24, 2.45) is 5.92 Å². The van der Waals surface area contributed by atoms with E-state index in [0.29, 0.717) is 5.92 Å². The summed E-state index contributed by atoms with van der Waals surface area (Å²) >= 11 is 0. The maximum absolute atomic E-state index is 11.5. The lowest BCUT2D eigenvalue weighted by atomic mass is 9.92. The van der Waals surface area contributed by atoms with Gasteiger partial charge in [-0.2, -0.15) is 0 Å². The Hall–Kier alpha value is -0.730. The van der Waals surface area contributed by atoms with Crippen LogP contribution >= 0.6 is 0 Å². The van der Waals surface area contributed by atoms with Crippen LogP contribution in [-0.2, 0) is 9.47 Å². The quantitative estimate of drug-likeness (QED) is 0.434. The lowest BCUT2D eigenvalue weighted by molar-refractivity contribution is -0.00783. The molecular weight excluding hydrogens is 228 g/mol. The zero-order chi connectivity index (χ0) is 14.0. The van der Waals surface area contributed by atoms with Crippen LogP contribution in [0.4, 0.5) is 4.79 Å². The van der Waals surface area contributed by atoms with E-state index in [4.69, 9.17) is 9.47 Å². The van der Waals surface area contributed by atoms with Gasteiger partial charge in [0, 0.05) is 0 Å². The Balaban J connectivity index is 4.11. The van der Waals surface area contributed by atoms with Gasteiger partial charge in [-0.1, -0.05) is 39.5 Å². The minimum Gasteiger partial charge on any atom is -0.432 e. The highest BCUT2D eigenvalue weighted by Crippen LogP contribution is 2.22. The summed E-state index contributed by atoms with van der Waals surface area (Å²) in [7, 11) is 0. The summed E-state index contributed by atoms with van der Waals surface area (Å²) in [6.45, 7) is 10.0. The molecule has 0 aromatic heterocycles. The van der Waals surface area contributed by atoms with Crippen LogP contribution in [0.15, 0.2) is 0 Å². The van der Waals surface area contributed by atoms with Crippen LogP contribution in [0.5, 0.6) is 0 Å². The summed E-state index contributed by atoms with van der Waals surface area (Å²) in [6.07, 6.45) is 6.37. The number of unbranched alkanes of at least 4 members (excludes halogenated alkanes) is 2. The van der Waals surface area contributed by atoms with Gasteiger partial charge in [-0.3, -0.25) is 0 Å². The smallest absolute Gasteiger partial charge is 0.432 e. The molecule has 0 aliphatic rings. The van der Waals surface area contributed by atoms with Crippen molar-refractivity contribution in [3.05, 3.63) is 0 Å². The fourth-order valence-corrected chi connectivity index (χ4v) is 2.11. The topological polar surface area (TPSA) is 35.5 Å². The van der Waals surface area contributed by atoms with Gasteiger partial charge in [-0.05, 0) is 39.5 Å². The number of carbonyl (C=O) groups is 1. The molecule has 0 amide bonds. The van der Waals surface area contributed by atoms with Crippen molar-refractivity contribution >= 4 is 6.16 Å². The van der Waals surface area contributed by atoms with E-state index in [0.717, 1.165) is 19.3 Å². The molecule has 0 aliphatic carbocycles. The highest BCUT2D eigenvalue weighted by Gasteiger charge is 2.21. The van der Waals surface area contributed by atoms with Crippen molar-refractivity contribution in [2.45, 2.75) is 85.4 Å². The molecule has 0 radical (unpaired) electrons. The Bertz CT molecular complexity index is 214. The predicted molar refractivity (Wildman–Crippen MR) is 74.7 cm³/mol. The van der Waals surface area contributed by atoms with Crippen molar-refractivity contribution in [3.63, 3.8) is 0 Å². The summed E-state index contributed by atoms with van der Waals surface area (Å²) < 4.78 is 10.4. The van der Waals surface area contributed by atoms with E-state index in [2.05, 4.69) is 13.8 Å². The molecule has 3 heteroatoms. The van der Waals surface area contributed by atoms with Gasteiger partial charge < -0.3 is 9.47 Å². The van der Waals surface area contributed by atoms with Crippen LogP contribution in [0.25, 0.3) is 0 Å². The third-order valence-corrected chi connectivity index (χ3v) is 3.12. The molecule has 2 unspecified atom stereocenters. The molecule has 0 heterocycles. The highest BCUT2D eigenvalue weighted by molar-refractivity contribution is 5.60. The van der Waals surface area contributed by atoms with Gasteiger partial charge in [0.25, 0.3) is 0 Å². The third-order valence-electron chi connectivity index (χ3n) is 3.12. The van der Waals surface area contributed by atoms with Gasteiger partial charge in [0.1, 0.15) is 6.10 Å². The molecule has 0 aliphatic heterocycles. The summed E-state index contributed by atoms with van der Waals surface area (Å²) in [5.74, 6) is 0.460. The molecule has 0 fully saturated rings. The van der Waals surface area contributed by atoms with Crippen LogP contribution in [0, 0.1) is 5.92 Å². The Labute approximate surface area is 112 Å².